The minimum atomic E-state index is -0.574. The Hall–Kier alpha value is -4.14. The molecule has 0 saturated heterocycles. The highest BCUT2D eigenvalue weighted by Gasteiger charge is 2.22. The minimum absolute atomic E-state index is 0.118. The van der Waals surface area contributed by atoms with Crippen molar-refractivity contribution in [1.29, 1.82) is 0 Å². The Balaban J connectivity index is 1.74. The van der Waals surface area contributed by atoms with Gasteiger partial charge in [0, 0.05) is 34.6 Å². The fourth-order valence-electron chi connectivity index (χ4n) is 3.25. The van der Waals surface area contributed by atoms with E-state index in [1.54, 1.807) is 50.7 Å². The SMILES string of the molecule is COc1ccc(Nc2ncc3c(n2)-c2ccc(C(N)=O)cc2NC(=O)C3)cc1OC. The van der Waals surface area contributed by atoms with E-state index in [1.807, 2.05) is 6.07 Å². The van der Waals surface area contributed by atoms with Crippen LogP contribution in [0.3, 0.4) is 0 Å². The predicted molar refractivity (Wildman–Crippen MR) is 111 cm³/mol. The highest BCUT2D eigenvalue weighted by atomic mass is 16.5. The summed E-state index contributed by atoms with van der Waals surface area (Å²) in [6.07, 6.45) is 1.73. The van der Waals surface area contributed by atoms with Gasteiger partial charge in [0.2, 0.25) is 17.8 Å². The number of rotatable bonds is 5. The molecular weight excluding hydrogens is 386 g/mol. The largest absolute Gasteiger partial charge is 0.493 e. The molecule has 9 nitrogen and oxygen atoms in total. The van der Waals surface area contributed by atoms with E-state index >= 15 is 0 Å². The van der Waals surface area contributed by atoms with Crippen LogP contribution in [0.4, 0.5) is 17.3 Å². The number of hydrogen-bond donors (Lipinski definition) is 3. The maximum atomic E-state index is 12.3. The number of fused-ring (bicyclic) bond motifs is 3. The maximum Gasteiger partial charge on any atom is 0.248 e. The Labute approximate surface area is 172 Å². The fourth-order valence-corrected chi connectivity index (χ4v) is 3.25. The molecule has 4 rings (SSSR count). The molecule has 3 aromatic rings. The van der Waals surface area contributed by atoms with Gasteiger partial charge in [0.1, 0.15) is 0 Å². The second kappa shape index (κ2) is 7.70. The number of nitrogens with zero attached hydrogens (tertiary/aromatic N) is 2. The number of methoxy groups -OCH3 is 2. The average molecular weight is 405 g/mol. The summed E-state index contributed by atoms with van der Waals surface area (Å²) >= 11 is 0. The second-order valence-electron chi connectivity index (χ2n) is 6.61. The highest BCUT2D eigenvalue weighted by Crippen LogP contribution is 2.35. The van der Waals surface area contributed by atoms with Crippen molar-refractivity contribution in [3.8, 4) is 22.8 Å². The zero-order valence-electron chi connectivity index (χ0n) is 16.4. The van der Waals surface area contributed by atoms with E-state index in [9.17, 15) is 9.59 Å². The number of hydrogen-bond acceptors (Lipinski definition) is 7. The van der Waals surface area contributed by atoms with E-state index in [-0.39, 0.29) is 12.3 Å². The number of nitrogens with two attached hydrogens (primary N) is 1. The first kappa shape index (κ1) is 19.2. The molecule has 2 amide bonds. The van der Waals surface area contributed by atoms with Crippen LogP contribution < -0.4 is 25.8 Å². The van der Waals surface area contributed by atoms with Gasteiger partial charge in [-0.2, -0.15) is 0 Å². The fraction of sp³-hybridized carbons (Fsp3) is 0.143. The first-order chi connectivity index (χ1) is 14.5. The molecule has 0 unspecified atom stereocenters. The number of benzene rings is 2. The zero-order valence-corrected chi connectivity index (χ0v) is 16.4. The quantitative estimate of drug-likeness (QED) is 0.595. The van der Waals surface area contributed by atoms with E-state index in [4.69, 9.17) is 15.2 Å². The van der Waals surface area contributed by atoms with E-state index in [0.717, 1.165) is 0 Å². The first-order valence-corrected chi connectivity index (χ1v) is 9.07. The molecule has 0 fully saturated rings. The van der Waals surface area contributed by atoms with Crippen molar-refractivity contribution in [1.82, 2.24) is 9.97 Å². The number of ether oxygens (including phenoxy) is 2. The molecule has 0 aliphatic carbocycles. The van der Waals surface area contributed by atoms with Gasteiger partial charge in [0.05, 0.1) is 32.0 Å². The Morgan fingerprint density at radius 1 is 1.13 bits per heavy atom. The normalized spacial score (nSPS) is 12.1. The molecule has 4 N–H and O–H groups in total. The topological polar surface area (TPSA) is 128 Å². The lowest BCUT2D eigenvalue weighted by Gasteiger charge is -2.12. The lowest BCUT2D eigenvalue weighted by molar-refractivity contribution is -0.115. The van der Waals surface area contributed by atoms with Crippen LogP contribution in [-0.4, -0.2) is 36.0 Å². The Kier molecular flexibility index (Phi) is 4.93. The molecule has 9 heteroatoms. The number of primary amides is 1. The minimum Gasteiger partial charge on any atom is -0.493 e. The van der Waals surface area contributed by atoms with E-state index < -0.39 is 5.91 Å². The lowest BCUT2D eigenvalue weighted by atomic mass is 10.0. The second-order valence-corrected chi connectivity index (χ2v) is 6.61. The first-order valence-electron chi connectivity index (χ1n) is 9.07. The van der Waals surface area contributed by atoms with Crippen molar-refractivity contribution >= 4 is 29.1 Å². The summed E-state index contributed by atoms with van der Waals surface area (Å²) in [6.45, 7) is 0. The van der Waals surface area contributed by atoms with Gasteiger partial charge >= 0.3 is 0 Å². The van der Waals surface area contributed by atoms with E-state index in [2.05, 4.69) is 20.6 Å². The van der Waals surface area contributed by atoms with Crippen LogP contribution in [0.1, 0.15) is 15.9 Å². The van der Waals surface area contributed by atoms with Crippen LogP contribution in [-0.2, 0) is 11.2 Å². The molecule has 152 valence electrons. The third-order valence-electron chi connectivity index (χ3n) is 4.69. The molecule has 0 atom stereocenters. The van der Waals surface area contributed by atoms with E-state index in [0.29, 0.717) is 51.2 Å². The third kappa shape index (κ3) is 3.60. The Morgan fingerprint density at radius 2 is 1.93 bits per heavy atom. The molecule has 1 aliphatic heterocycles. The third-order valence-corrected chi connectivity index (χ3v) is 4.69. The van der Waals surface area contributed by atoms with Gasteiger partial charge in [-0.1, -0.05) is 0 Å². The predicted octanol–water partition coefficient (Wildman–Crippen LogP) is 2.50. The molecular formula is C21H19N5O4. The van der Waals surface area contributed by atoms with Gasteiger partial charge in [-0.15, -0.1) is 0 Å². The maximum absolute atomic E-state index is 12.3. The van der Waals surface area contributed by atoms with Crippen LogP contribution in [0.15, 0.2) is 42.6 Å². The van der Waals surface area contributed by atoms with Crippen LogP contribution in [0, 0.1) is 0 Å². The van der Waals surface area contributed by atoms with Crippen LogP contribution >= 0.6 is 0 Å². The van der Waals surface area contributed by atoms with Crippen molar-refractivity contribution < 1.29 is 19.1 Å². The number of amides is 2. The van der Waals surface area contributed by atoms with Gasteiger partial charge in [-0.25, -0.2) is 9.97 Å². The number of anilines is 3. The monoisotopic (exact) mass is 405 g/mol. The molecule has 0 spiro atoms. The summed E-state index contributed by atoms with van der Waals surface area (Å²) < 4.78 is 10.6. The smallest absolute Gasteiger partial charge is 0.248 e. The van der Waals surface area contributed by atoms with Crippen LogP contribution in [0.2, 0.25) is 0 Å². The molecule has 2 aromatic carbocycles. The number of aromatic nitrogens is 2. The molecule has 1 aromatic heterocycles. The van der Waals surface area contributed by atoms with Gasteiger partial charge in [-0.3, -0.25) is 9.59 Å². The number of nitrogens with one attached hydrogen (secondary N) is 2. The number of carbonyl (C=O) groups is 2. The Bertz CT molecular complexity index is 1160. The van der Waals surface area contributed by atoms with Crippen molar-refractivity contribution in [3.63, 3.8) is 0 Å². The van der Waals surface area contributed by atoms with E-state index in [1.165, 1.54) is 0 Å². The molecule has 1 aliphatic rings. The highest BCUT2D eigenvalue weighted by molar-refractivity contribution is 6.02. The molecule has 0 radical (unpaired) electrons. The van der Waals surface area contributed by atoms with Crippen molar-refractivity contribution in [2.24, 2.45) is 5.73 Å². The van der Waals surface area contributed by atoms with Gasteiger partial charge in [-0.05, 0) is 30.3 Å². The standard InChI is InChI=1S/C21H19N5O4/c1-29-16-6-4-13(9-17(16)30-2)24-21-23-10-12-8-18(27)25-15-7-11(20(22)28)3-5-14(15)19(12)26-21/h3-7,9-10H,8H2,1-2H3,(H2,22,28)(H,25,27)(H,23,24,26). The summed E-state index contributed by atoms with van der Waals surface area (Å²) in [6, 6.07) is 10.2. The average Bonchev–Trinajstić information content (AvgIpc) is 2.88. The molecule has 30 heavy (non-hydrogen) atoms. The molecule has 2 heterocycles. The summed E-state index contributed by atoms with van der Waals surface area (Å²) in [7, 11) is 3.12. The van der Waals surface area contributed by atoms with Crippen LogP contribution in [0.5, 0.6) is 11.5 Å². The van der Waals surface area contributed by atoms with Crippen molar-refractivity contribution in [3.05, 3.63) is 53.7 Å². The summed E-state index contributed by atoms with van der Waals surface area (Å²) in [5, 5.41) is 5.93. The van der Waals surface area contributed by atoms with Crippen molar-refractivity contribution in [2.45, 2.75) is 6.42 Å². The van der Waals surface area contributed by atoms with Gasteiger partial charge in [0.25, 0.3) is 0 Å². The Morgan fingerprint density at radius 3 is 2.67 bits per heavy atom. The van der Waals surface area contributed by atoms with Gasteiger partial charge < -0.3 is 25.8 Å². The summed E-state index contributed by atoms with van der Waals surface area (Å²) in [5.74, 6) is 0.724. The van der Waals surface area contributed by atoms with Gasteiger partial charge in [0.15, 0.2) is 11.5 Å². The zero-order chi connectivity index (χ0) is 21.3. The number of carbonyl (C=O) groups excluding carboxylic acids is 2. The molecule has 0 saturated carbocycles. The lowest BCUT2D eigenvalue weighted by Crippen LogP contribution is -2.14. The van der Waals surface area contributed by atoms with Crippen molar-refractivity contribution in [2.75, 3.05) is 24.9 Å². The molecule has 0 bridgehead atoms. The summed E-state index contributed by atoms with van der Waals surface area (Å²) in [4.78, 5) is 32.7. The van der Waals surface area contributed by atoms with Crippen LogP contribution in [0.25, 0.3) is 11.3 Å². The summed E-state index contributed by atoms with van der Waals surface area (Å²) in [5.41, 5.74) is 8.80.